The van der Waals surface area contributed by atoms with Crippen LogP contribution in [0, 0.1) is 0 Å². The summed E-state index contributed by atoms with van der Waals surface area (Å²) in [5.74, 6) is -0.520. The van der Waals surface area contributed by atoms with Gasteiger partial charge in [-0.15, -0.1) is 0 Å². The zero-order chi connectivity index (χ0) is 22.8. The number of Topliss-reactive ketones (excluding diaryl/α,β-unsaturated/α-hetero) is 1. The van der Waals surface area contributed by atoms with Gasteiger partial charge in [0.05, 0.1) is 11.6 Å². The molecule has 2 aromatic rings. The van der Waals surface area contributed by atoms with E-state index in [0.29, 0.717) is 24.1 Å². The fourth-order valence-electron chi connectivity index (χ4n) is 3.71. The zero-order valence-electron chi connectivity index (χ0n) is 18.2. The number of carbonyl (C=O) groups excluding carboxylic acids is 3. The van der Waals surface area contributed by atoms with Gasteiger partial charge in [-0.3, -0.25) is 14.5 Å². The minimum Gasteiger partial charge on any atom is -0.444 e. The third kappa shape index (κ3) is 5.53. The minimum atomic E-state index is -0.620. The topological polar surface area (TPSA) is 75.7 Å². The molecule has 164 valence electrons. The van der Waals surface area contributed by atoms with Crippen molar-refractivity contribution in [1.82, 2.24) is 10.2 Å². The van der Waals surface area contributed by atoms with Gasteiger partial charge < -0.3 is 10.1 Å². The van der Waals surface area contributed by atoms with Gasteiger partial charge in [0.15, 0.2) is 5.78 Å². The highest BCUT2D eigenvalue weighted by Crippen LogP contribution is 2.32. The largest absolute Gasteiger partial charge is 0.444 e. The predicted octanol–water partition coefficient (Wildman–Crippen LogP) is 4.92. The van der Waals surface area contributed by atoms with E-state index in [-0.39, 0.29) is 24.3 Å². The lowest BCUT2D eigenvalue weighted by molar-refractivity contribution is 0.0140. The summed E-state index contributed by atoms with van der Waals surface area (Å²) >= 11 is 3.50. The minimum absolute atomic E-state index is 0.172. The van der Waals surface area contributed by atoms with Crippen LogP contribution in [0.3, 0.4) is 0 Å². The number of halogens is 1. The molecule has 3 rings (SSSR count). The number of amides is 2. The Morgan fingerprint density at radius 3 is 2.45 bits per heavy atom. The van der Waals surface area contributed by atoms with E-state index in [0.717, 1.165) is 15.6 Å². The molecule has 31 heavy (non-hydrogen) atoms. The molecule has 0 saturated carbocycles. The van der Waals surface area contributed by atoms with Crippen LogP contribution < -0.4 is 5.32 Å². The Balaban J connectivity index is 1.87. The third-order valence-corrected chi connectivity index (χ3v) is 5.59. The monoisotopic (exact) mass is 486 g/mol. The van der Waals surface area contributed by atoms with Crippen LogP contribution in [0.2, 0.25) is 0 Å². The van der Waals surface area contributed by atoms with Gasteiger partial charge in [-0.1, -0.05) is 40.2 Å². The van der Waals surface area contributed by atoms with E-state index in [9.17, 15) is 14.4 Å². The molecule has 0 unspecified atom stereocenters. The number of ether oxygens (including phenoxy) is 1. The molecule has 1 heterocycles. The first-order valence-corrected chi connectivity index (χ1v) is 11.0. The van der Waals surface area contributed by atoms with Crippen LogP contribution in [-0.2, 0) is 11.2 Å². The smallest absolute Gasteiger partial charge is 0.410 e. The van der Waals surface area contributed by atoms with Crippen molar-refractivity contribution in [2.75, 3.05) is 13.1 Å². The second-order valence-electron chi connectivity index (χ2n) is 8.59. The van der Waals surface area contributed by atoms with Gasteiger partial charge in [-0.25, -0.2) is 4.79 Å². The number of hydrogen-bond donors (Lipinski definition) is 1. The molecule has 0 spiro atoms. The van der Waals surface area contributed by atoms with Crippen LogP contribution in [0.5, 0.6) is 0 Å². The second-order valence-corrected chi connectivity index (χ2v) is 9.51. The fraction of sp³-hybridized carbons (Fsp3) is 0.375. The summed E-state index contributed by atoms with van der Waals surface area (Å²) in [4.78, 5) is 39.3. The number of carbonyl (C=O) groups is 3. The van der Waals surface area contributed by atoms with E-state index in [1.807, 2.05) is 39.0 Å². The lowest BCUT2D eigenvalue weighted by atomic mass is 9.92. The first-order valence-electron chi connectivity index (χ1n) is 10.2. The Morgan fingerprint density at radius 2 is 1.81 bits per heavy atom. The van der Waals surface area contributed by atoms with Crippen LogP contribution >= 0.6 is 15.9 Å². The molecule has 0 radical (unpaired) electrons. The number of benzene rings is 2. The molecule has 0 aromatic heterocycles. The standard InChI is InChI=1S/C24H27BrN2O4/c1-15(28)18-7-5-6-8-20(18)22(29)26-14-21-19-10-9-17(25)13-16(19)11-12-27(21)23(30)31-24(2,3)4/h5-10,13,21H,11-12,14H2,1-4H3,(H,26,29)/t21-/m1/s1. The van der Waals surface area contributed by atoms with Crippen LogP contribution in [0.4, 0.5) is 4.79 Å². The Morgan fingerprint density at radius 1 is 1.13 bits per heavy atom. The van der Waals surface area contributed by atoms with Crippen LogP contribution in [-0.4, -0.2) is 41.4 Å². The Labute approximate surface area is 191 Å². The highest BCUT2D eigenvalue weighted by atomic mass is 79.9. The highest BCUT2D eigenvalue weighted by molar-refractivity contribution is 9.10. The van der Waals surface area contributed by atoms with Crippen molar-refractivity contribution < 1.29 is 19.1 Å². The number of nitrogens with one attached hydrogen (secondary N) is 1. The Bertz CT molecular complexity index is 1010. The van der Waals surface area contributed by atoms with Gasteiger partial charge in [0.1, 0.15) is 5.60 Å². The maximum absolute atomic E-state index is 12.9. The van der Waals surface area contributed by atoms with E-state index in [2.05, 4.69) is 21.2 Å². The average molecular weight is 487 g/mol. The van der Waals surface area contributed by atoms with Crippen molar-refractivity contribution in [3.05, 3.63) is 69.2 Å². The van der Waals surface area contributed by atoms with Gasteiger partial charge >= 0.3 is 6.09 Å². The first kappa shape index (κ1) is 23.0. The molecule has 2 amide bonds. The van der Waals surface area contributed by atoms with E-state index < -0.39 is 11.7 Å². The number of ketones is 1. The van der Waals surface area contributed by atoms with Crippen LogP contribution in [0.1, 0.15) is 65.6 Å². The Kier molecular flexibility index (Phi) is 6.84. The van der Waals surface area contributed by atoms with Crippen molar-refractivity contribution in [1.29, 1.82) is 0 Å². The number of hydrogen-bond acceptors (Lipinski definition) is 4. The molecule has 1 atom stereocenters. The molecule has 7 heteroatoms. The SMILES string of the molecule is CC(=O)c1ccccc1C(=O)NC[C@@H]1c2ccc(Br)cc2CCN1C(=O)OC(C)(C)C. The van der Waals surface area contributed by atoms with Gasteiger partial charge in [-0.05, 0) is 63.4 Å². The first-order chi connectivity index (χ1) is 14.6. The van der Waals surface area contributed by atoms with Crippen molar-refractivity contribution in [2.45, 2.75) is 45.8 Å². The molecule has 1 aliphatic heterocycles. The van der Waals surface area contributed by atoms with Crippen molar-refractivity contribution >= 4 is 33.7 Å². The number of fused-ring (bicyclic) bond motifs is 1. The second kappa shape index (κ2) is 9.22. The molecule has 0 fully saturated rings. The van der Waals surface area contributed by atoms with Gasteiger partial charge in [0.25, 0.3) is 5.91 Å². The third-order valence-electron chi connectivity index (χ3n) is 5.10. The predicted molar refractivity (Wildman–Crippen MR) is 122 cm³/mol. The highest BCUT2D eigenvalue weighted by Gasteiger charge is 2.34. The lowest BCUT2D eigenvalue weighted by Crippen LogP contribution is -2.47. The van der Waals surface area contributed by atoms with E-state index in [4.69, 9.17) is 4.74 Å². The van der Waals surface area contributed by atoms with Gasteiger partial charge in [-0.2, -0.15) is 0 Å². The number of nitrogens with zero attached hydrogens (tertiary/aromatic N) is 1. The normalized spacial score (nSPS) is 15.8. The summed E-state index contributed by atoms with van der Waals surface area (Å²) in [6, 6.07) is 12.3. The maximum atomic E-state index is 12.9. The summed E-state index contributed by atoms with van der Waals surface area (Å²) in [6.45, 7) is 7.62. The molecule has 0 aliphatic carbocycles. The molecule has 1 aliphatic rings. The van der Waals surface area contributed by atoms with E-state index in [1.54, 1.807) is 29.2 Å². The summed E-state index contributed by atoms with van der Waals surface area (Å²) < 4.78 is 6.58. The molecule has 0 saturated heterocycles. The maximum Gasteiger partial charge on any atom is 0.410 e. The molecule has 1 N–H and O–H groups in total. The lowest BCUT2D eigenvalue weighted by Gasteiger charge is -2.38. The van der Waals surface area contributed by atoms with Crippen molar-refractivity contribution in [3.8, 4) is 0 Å². The van der Waals surface area contributed by atoms with Crippen molar-refractivity contribution in [3.63, 3.8) is 0 Å². The fourth-order valence-corrected chi connectivity index (χ4v) is 4.12. The molecular formula is C24H27BrN2O4. The summed E-state index contributed by atoms with van der Waals surface area (Å²) in [5.41, 5.74) is 2.17. The van der Waals surface area contributed by atoms with Crippen molar-refractivity contribution in [2.24, 2.45) is 0 Å². The van der Waals surface area contributed by atoms with E-state index in [1.165, 1.54) is 6.92 Å². The Hall–Kier alpha value is -2.67. The number of rotatable bonds is 4. The summed E-state index contributed by atoms with van der Waals surface area (Å²) in [5, 5.41) is 2.91. The zero-order valence-corrected chi connectivity index (χ0v) is 19.8. The molecule has 2 aromatic carbocycles. The average Bonchev–Trinajstić information content (AvgIpc) is 2.70. The molecule has 0 bridgehead atoms. The van der Waals surface area contributed by atoms with Crippen LogP contribution in [0.15, 0.2) is 46.9 Å². The quantitative estimate of drug-likeness (QED) is 0.622. The van der Waals surface area contributed by atoms with Gasteiger partial charge in [0.2, 0.25) is 0 Å². The van der Waals surface area contributed by atoms with Gasteiger partial charge in [0, 0.05) is 23.1 Å². The van der Waals surface area contributed by atoms with Crippen LogP contribution in [0.25, 0.3) is 0 Å². The summed E-state index contributed by atoms with van der Waals surface area (Å²) in [6.07, 6.45) is 0.287. The molecule has 6 nitrogen and oxygen atoms in total. The summed E-state index contributed by atoms with van der Waals surface area (Å²) in [7, 11) is 0. The molecular weight excluding hydrogens is 460 g/mol. The van der Waals surface area contributed by atoms with E-state index >= 15 is 0 Å².